The highest BCUT2D eigenvalue weighted by Crippen LogP contribution is 2.20. The lowest BCUT2D eigenvalue weighted by molar-refractivity contribution is 0.467. The van der Waals surface area contributed by atoms with Crippen molar-refractivity contribution in [2.45, 2.75) is 17.9 Å². The van der Waals surface area contributed by atoms with E-state index in [4.69, 9.17) is 11.6 Å². The predicted octanol–water partition coefficient (Wildman–Crippen LogP) is 2.46. The van der Waals surface area contributed by atoms with Crippen LogP contribution in [0.1, 0.15) is 6.92 Å². The van der Waals surface area contributed by atoms with Crippen molar-refractivity contribution >= 4 is 39.9 Å². The summed E-state index contributed by atoms with van der Waals surface area (Å²) in [6.07, 6.45) is 1.56. The van der Waals surface area contributed by atoms with Crippen LogP contribution in [0.4, 0.5) is 4.39 Å². The molecule has 1 atom stereocenters. The number of halogens is 2. The van der Waals surface area contributed by atoms with Gasteiger partial charge < -0.3 is 4.90 Å². The number of amidine groups is 1. The standard InChI is InChI=1S/C15H19ClFN5O2S/c1-5-19-15(22(4)11(2)10-20-14(17)18-3)21-25(23,24)13-9-7-6-8-12(13)16/h5-11H,1H2,2-4H3,(H,19,21)/b18-14-,20-10-. The molecule has 0 amide bonds. The first-order valence-corrected chi connectivity index (χ1v) is 8.94. The molecule has 0 aliphatic carbocycles. The van der Waals surface area contributed by atoms with Crippen molar-refractivity contribution in [3.63, 3.8) is 0 Å². The van der Waals surface area contributed by atoms with Crippen LogP contribution in [0, 0.1) is 0 Å². The maximum Gasteiger partial charge on any atom is 0.303 e. The summed E-state index contributed by atoms with van der Waals surface area (Å²) in [6.45, 7) is 5.14. The van der Waals surface area contributed by atoms with E-state index in [1.807, 2.05) is 0 Å². The molecular weight excluding hydrogens is 369 g/mol. The normalized spacial score (nSPS) is 14.4. The first kappa shape index (κ1) is 20.8. The SMILES string of the molecule is C=C/N=C(/NS(=O)(=O)c1ccccc1Cl)N(C)C(C)/C=N\C(F)=N/C. The van der Waals surface area contributed by atoms with Gasteiger partial charge in [0.25, 0.3) is 10.0 Å². The van der Waals surface area contributed by atoms with E-state index in [9.17, 15) is 12.8 Å². The van der Waals surface area contributed by atoms with E-state index in [0.29, 0.717) is 0 Å². The van der Waals surface area contributed by atoms with Crippen molar-refractivity contribution < 1.29 is 12.8 Å². The fourth-order valence-corrected chi connectivity index (χ4v) is 3.20. The minimum Gasteiger partial charge on any atom is -0.337 e. The van der Waals surface area contributed by atoms with E-state index in [1.54, 1.807) is 26.1 Å². The van der Waals surface area contributed by atoms with Gasteiger partial charge in [-0.2, -0.15) is 4.39 Å². The van der Waals surface area contributed by atoms with E-state index in [-0.39, 0.29) is 15.9 Å². The van der Waals surface area contributed by atoms with E-state index >= 15 is 0 Å². The predicted molar refractivity (Wildman–Crippen MR) is 99.6 cm³/mol. The number of nitrogens with one attached hydrogen (secondary N) is 1. The summed E-state index contributed by atoms with van der Waals surface area (Å²) >= 11 is 5.94. The van der Waals surface area contributed by atoms with Gasteiger partial charge in [0.15, 0.2) is 0 Å². The topological polar surface area (TPSA) is 86.5 Å². The molecule has 0 aromatic heterocycles. The minimum absolute atomic E-state index is 0.0253. The Kier molecular flexibility index (Phi) is 7.72. The van der Waals surface area contributed by atoms with Crippen molar-refractivity contribution in [2.75, 3.05) is 14.1 Å². The van der Waals surface area contributed by atoms with E-state index in [1.165, 1.54) is 36.5 Å². The molecule has 0 bridgehead atoms. The molecule has 1 unspecified atom stereocenters. The number of hydrogen-bond donors (Lipinski definition) is 1. The molecule has 0 spiro atoms. The van der Waals surface area contributed by atoms with Crippen LogP contribution < -0.4 is 4.72 Å². The molecule has 0 saturated carbocycles. The Bertz CT molecular complexity index is 808. The van der Waals surface area contributed by atoms with E-state index in [2.05, 4.69) is 26.3 Å². The van der Waals surface area contributed by atoms with Crippen molar-refractivity contribution in [1.29, 1.82) is 0 Å². The van der Waals surface area contributed by atoms with Gasteiger partial charge >= 0.3 is 6.09 Å². The van der Waals surface area contributed by atoms with Gasteiger partial charge in [-0.15, -0.1) is 0 Å². The molecule has 25 heavy (non-hydrogen) atoms. The highest BCUT2D eigenvalue weighted by Gasteiger charge is 2.22. The average molecular weight is 388 g/mol. The summed E-state index contributed by atoms with van der Waals surface area (Å²) in [4.78, 5) is 12.1. The van der Waals surface area contributed by atoms with Crippen LogP contribution in [0.15, 0.2) is 56.9 Å². The number of nitrogens with zero attached hydrogens (tertiary/aromatic N) is 4. The summed E-state index contributed by atoms with van der Waals surface area (Å²) in [5.74, 6) is -0.0253. The van der Waals surface area contributed by atoms with Crippen LogP contribution in [-0.4, -0.2) is 51.7 Å². The third-order valence-electron chi connectivity index (χ3n) is 3.09. The molecule has 136 valence electrons. The molecule has 10 heteroatoms. The van der Waals surface area contributed by atoms with Gasteiger partial charge in [0.05, 0.1) is 11.1 Å². The Hall–Kier alpha value is -2.26. The summed E-state index contributed by atoms with van der Waals surface area (Å²) in [5, 5.41) is 0.0754. The third kappa shape index (κ3) is 5.95. The molecule has 0 heterocycles. The number of sulfonamides is 1. The van der Waals surface area contributed by atoms with Crippen molar-refractivity contribution in [3.8, 4) is 0 Å². The molecule has 0 aliphatic rings. The monoisotopic (exact) mass is 387 g/mol. The van der Waals surface area contributed by atoms with Crippen LogP contribution >= 0.6 is 11.6 Å². The zero-order chi connectivity index (χ0) is 19.0. The number of aliphatic imine (C=N–C) groups is 3. The second-order valence-corrected chi connectivity index (χ2v) is 6.85. The molecule has 0 saturated heterocycles. The second kappa shape index (κ2) is 9.28. The number of guanidine groups is 1. The van der Waals surface area contributed by atoms with Crippen LogP contribution in [0.2, 0.25) is 5.02 Å². The van der Waals surface area contributed by atoms with Crippen LogP contribution in [0.5, 0.6) is 0 Å². The maximum atomic E-state index is 13.0. The quantitative estimate of drug-likeness (QED) is 0.478. The van der Waals surface area contributed by atoms with Gasteiger partial charge in [0.2, 0.25) is 5.96 Å². The molecule has 7 nitrogen and oxygen atoms in total. The summed E-state index contributed by atoms with van der Waals surface area (Å²) in [6, 6.07) is 5.52. The largest absolute Gasteiger partial charge is 0.337 e. The van der Waals surface area contributed by atoms with Gasteiger partial charge in [0.1, 0.15) is 4.90 Å². The Morgan fingerprint density at radius 1 is 1.44 bits per heavy atom. The van der Waals surface area contributed by atoms with Crippen molar-refractivity contribution in [3.05, 3.63) is 42.1 Å². The Morgan fingerprint density at radius 2 is 2.08 bits per heavy atom. The Morgan fingerprint density at radius 3 is 2.64 bits per heavy atom. The van der Waals surface area contributed by atoms with Crippen LogP contribution in [0.3, 0.4) is 0 Å². The Balaban J connectivity index is 3.09. The molecule has 1 N–H and O–H groups in total. The minimum atomic E-state index is -3.97. The zero-order valence-corrected chi connectivity index (χ0v) is 15.6. The first-order chi connectivity index (χ1) is 11.7. The molecule has 0 fully saturated rings. The molecular formula is C15H19ClFN5O2S. The highest BCUT2D eigenvalue weighted by atomic mass is 35.5. The second-order valence-electron chi connectivity index (χ2n) is 4.79. The summed E-state index contributed by atoms with van der Waals surface area (Å²) in [5.41, 5.74) is 0. The van der Waals surface area contributed by atoms with Crippen LogP contribution in [-0.2, 0) is 10.0 Å². The van der Waals surface area contributed by atoms with Gasteiger partial charge in [-0.1, -0.05) is 30.3 Å². The summed E-state index contributed by atoms with van der Waals surface area (Å²) < 4.78 is 40.4. The third-order valence-corrected chi connectivity index (χ3v) is 4.92. The fourth-order valence-electron chi connectivity index (χ4n) is 1.63. The first-order valence-electron chi connectivity index (χ1n) is 7.08. The van der Waals surface area contributed by atoms with E-state index < -0.39 is 22.2 Å². The lowest BCUT2D eigenvalue weighted by Crippen LogP contribution is -2.46. The lowest BCUT2D eigenvalue weighted by Gasteiger charge is -2.25. The van der Waals surface area contributed by atoms with Gasteiger partial charge in [-0.25, -0.2) is 28.1 Å². The van der Waals surface area contributed by atoms with Crippen molar-refractivity contribution in [1.82, 2.24) is 9.62 Å². The molecule has 0 aliphatic heterocycles. The van der Waals surface area contributed by atoms with Crippen LogP contribution in [0.25, 0.3) is 0 Å². The molecule has 1 aromatic carbocycles. The maximum absolute atomic E-state index is 13.0. The summed E-state index contributed by atoms with van der Waals surface area (Å²) in [7, 11) is -1.14. The average Bonchev–Trinajstić information content (AvgIpc) is 2.58. The molecule has 1 rings (SSSR count). The lowest BCUT2D eigenvalue weighted by atomic mass is 10.3. The number of benzene rings is 1. The van der Waals surface area contributed by atoms with Gasteiger partial charge in [-0.3, -0.25) is 0 Å². The van der Waals surface area contributed by atoms with Gasteiger partial charge in [0, 0.05) is 26.5 Å². The Labute approximate surface area is 151 Å². The van der Waals surface area contributed by atoms with Crippen molar-refractivity contribution in [2.24, 2.45) is 15.0 Å². The number of rotatable bonds is 5. The van der Waals surface area contributed by atoms with Gasteiger partial charge in [-0.05, 0) is 19.1 Å². The smallest absolute Gasteiger partial charge is 0.303 e. The number of hydrogen-bond acceptors (Lipinski definition) is 4. The highest BCUT2D eigenvalue weighted by molar-refractivity contribution is 7.90. The fraction of sp³-hybridized carbons (Fsp3) is 0.267. The molecule has 0 radical (unpaired) electrons. The zero-order valence-electron chi connectivity index (χ0n) is 14.0. The van der Waals surface area contributed by atoms with E-state index in [0.717, 1.165) is 0 Å². The molecule has 1 aromatic rings.